The molecular formula is C14H18O7. The Hall–Kier alpha value is -2.15. The molecule has 1 atom stereocenters. The molecule has 21 heavy (non-hydrogen) atoms. The molecular weight excluding hydrogens is 280 g/mol. The Balaban J connectivity index is 2.51. The number of carboxylic acid groups (broad SMARTS) is 1. The predicted molar refractivity (Wildman–Crippen MR) is 72.2 cm³/mol. The normalized spacial score (nSPS) is 18.8. The Kier molecular flexibility index (Phi) is 3.87. The lowest BCUT2D eigenvalue weighted by molar-refractivity contribution is -0.148. The van der Waals surface area contributed by atoms with Crippen LogP contribution < -0.4 is 14.2 Å². The quantitative estimate of drug-likeness (QED) is 0.854. The van der Waals surface area contributed by atoms with Gasteiger partial charge in [-0.15, -0.1) is 0 Å². The number of fused-ring (bicyclic) bond motifs is 1. The van der Waals surface area contributed by atoms with Gasteiger partial charge in [-0.2, -0.15) is 0 Å². The summed E-state index contributed by atoms with van der Waals surface area (Å²) in [7, 11) is 2.85. The van der Waals surface area contributed by atoms with Crippen molar-refractivity contribution in [2.75, 3.05) is 20.8 Å². The third-order valence-corrected chi connectivity index (χ3v) is 3.29. The molecule has 116 valence electrons. The van der Waals surface area contributed by atoms with Crippen LogP contribution in [0.25, 0.3) is 0 Å². The van der Waals surface area contributed by atoms with E-state index in [1.807, 2.05) is 0 Å². The van der Waals surface area contributed by atoms with Gasteiger partial charge in [0.05, 0.1) is 19.8 Å². The van der Waals surface area contributed by atoms with E-state index >= 15 is 0 Å². The zero-order valence-electron chi connectivity index (χ0n) is 12.3. The molecule has 0 spiro atoms. The molecule has 1 aromatic carbocycles. The van der Waals surface area contributed by atoms with E-state index in [4.69, 9.17) is 24.1 Å². The Bertz CT molecular complexity index is 565. The zero-order chi connectivity index (χ0) is 15.8. The fourth-order valence-electron chi connectivity index (χ4n) is 2.43. The molecule has 0 bridgehead atoms. The molecule has 7 nitrogen and oxygen atoms in total. The van der Waals surface area contributed by atoms with E-state index in [1.165, 1.54) is 14.2 Å². The molecule has 1 unspecified atom stereocenters. The maximum atomic E-state index is 10.7. The van der Waals surface area contributed by atoms with Crippen molar-refractivity contribution < 1.29 is 34.0 Å². The highest BCUT2D eigenvalue weighted by molar-refractivity contribution is 5.68. The van der Waals surface area contributed by atoms with Gasteiger partial charge in [-0.3, -0.25) is 0 Å². The summed E-state index contributed by atoms with van der Waals surface area (Å²) in [6.45, 7) is 3.00. The van der Waals surface area contributed by atoms with Crippen molar-refractivity contribution in [3.05, 3.63) is 11.6 Å². The number of rotatable bonds is 5. The maximum absolute atomic E-state index is 10.7. The second-order valence-electron chi connectivity index (χ2n) is 5.16. The molecule has 0 saturated carbocycles. The van der Waals surface area contributed by atoms with Crippen molar-refractivity contribution in [1.29, 1.82) is 0 Å². The first-order chi connectivity index (χ1) is 9.81. The summed E-state index contributed by atoms with van der Waals surface area (Å²) in [5, 5.41) is 19.1. The van der Waals surface area contributed by atoms with E-state index in [1.54, 1.807) is 19.9 Å². The van der Waals surface area contributed by atoms with Gasteiger partial charge in [-0.05, 0) is 13.8 Å². The van der Waals surface area contributed by atoms with Crippen LogP contribution in [0.2, 0.25) is 0 Å². The van der Waals surface area contributed by atoms with Gasteiger partial charge in [0.25, 0.3) is 0 Å². The molecule has 0 amide bonds. The van der Waals surface area contributed by atoms with E-state index in [0.29, 0.717) is 17.1 Å². The number of carboxylic acids is 1. The number of phenolic OH excluding ortho intramolecular Hbond substituents is 1. The first-order valence-corrected chi connectivity index (χ1v) is 6.32. The molecule has 7 heteroatoms. The molecule has 2 rings (SSSR count). The van der Waals surface area contributed by atoms with Gasteiger partial charge in [-0.1, -0.05) is 0 Å². The number of carbonyl (C=O) groups is 1. The molecule has 0 fully saturated rings. The van der Waals surface area contributed by atoms with Crippen LogP contribution in [0.5, 0.6) is 23.0 Å². The molecule has 0 radical (unpaired) electrons. The van der Waals surface area contributed by atoms with Crippen LogP contribution in [-0.4, -0.2) is 42.6 Å². The minimum Gasteiger partial charge on any atom is -0.504 e. The van der Waals surface area contributed by atoms with Crippen LogP contribution in [0.3, 0.4) is 0 Å². The largest absolute Gasteiger partial charge is 0.504 e. The first kappa shape index (κ1) is 15.2. The Labute approximate surface area is 122 Å². The Morgan fingerprint density at radius 3 is 2.57 bits per heavy atom. The third kappa shape index (κ3) is 2.56. The second-order valence-corrected chi connectivity index (χ2v) is 5.16. The Morgan fingerprint density at radius 1 is 1.38 bits per heavy atom. The monoisotopic (exact) mass is 298 g/mol. The fraction of sp³-hybridized carbons (Fsp3) is 0.500. The number of benzene rings is 1. The number of aromatic hydroxyl groups is 1. The van der Waals surface area contributed by atoms with Crippen molar-refractivity contribution in [1.82, 2.24) is 0 Å². The average molecular weight is 298 g/mol. The molecule has 0 aromatic heterocycles. The summed E-state index contributed by atoms with van der Waals surface area (Å²) in [6.07, 6.45) is -0.733. The van der Waals surface area contributed by atoms with E-state index < -0.39 is 24.3 Å². The fourth-order valence-corrected chi connectivity index (χ4v) is 2.43. The standard InChI is InChI=1S/C14H18O7/c1-14(2)13(20-6-9(15)16)10-7(21-14)5-8(18-3)12(19-4)11(10)17/h5,13,17H,6H2,1-4H3,(H,15,16). The predicted octanol–water partition coefficient (Wildman–Crippen LogP) is 1.72. The minimum absolute atomic E-state index is 0.154. The topological polar surface area (TPSA) is 94.5 Å². The summed E-state index contributed by atoms with van der Waals surface area (Å²) < 4.78 is 21.4. The number of phenols is 1. The van der Waals surface area contributed by atoms with Gasteiger partial charge in [0.2, 0.25) is 5.75 Å². The van der Waals surface area contributed by atoms with Crippen molar-refractivity contribution in [3.63, 3.8) is 0 Å². The zero-order valence-corrected chi connectivity index (χ0v) is 12.3. The molecule has 2 N–H and O–H groups in total. The lowest BCUT2D eigenvalue weighted by atomic mass is 9.96. The molecule has 1 aliphatic rings. The average Bonchev–Trinajstić information content (AvgIpc) is 2.66. The van der Waals surface area contributed by atoms with Crippen molar-refractivity contribution in [2.24, 2.45) is 0 Å². The van der Waals surface area contributed by atoms with Crippen LogP contribution in [0.15, 0.2) is 6.07 Å². The van der Waals surface area contributed by atoms with E-state index in [-0.39, 0.29) is 11.5 Å². The van der Waals surface area contributed by atoms with E-state index in [9.17, 15) is 9.90 Å². The van der Waals surface area contributed by atoms with Crippen LogP contribution in [0.4, 0.5) is 0 Å². The highest BCUT2D eigenvalue weighted by Gasteiger charge is 2.46. The van der Waals surface area contributed by atoms with Crippen LogP contribution in [0, 0.1) is 0 Å². The molecule has 1 aromatic rings. The van der Waals surface area contributed by atoms with Gasteiger partial charge in [0.1, 0.15) is 24.1 Å². The van der Waals surface area contributed by atoms with Gasteiger partial charge >= 0.3 is 5.97 Å². The highest BCUT2D eigenvalue weighted by atomic mass is 16.6. The number of aliphatic carboxylic acids is 1. The van der Waals surface area contributed by atoms with Crippen molar-refractivity contribution in [3.8, 4) is 23.0 Å². The van der Waals surface area contributed by atoms with Crippen LogP contribution in [0.1, 0.15) is 25.5 Å². The summed E-state index contributed by atoms with van der Waals surface area (Å²) in [4.78, 5) is 10.7. The molecule has 1 aliphatic heterocycles. The maximum Gasteiger partial charge on any atom is 0.329 e. The highest BCUT2D eigenvalue weighted by Crippen LogP contribution is 2.55. The van der Waals surface area contributed by atoms with Crippen LogP contribution in [-0.2, 0) is 9.53 Å². The third-order valence-electron chi connectivity index (χ3n) is 3.29. The Morgan fingerprint density at radius 2 is 2.05 bits per heavy atom. The van der Waals surface area contributed by atoms with Gasteiger partial charge < -0.3 is 29.2 Å². The van der Waals surface area contributed by atoms with Crippen LogP contribution >= 0.6 is 0 Å². The smallest absolute Gasteiger partial charge is 0.329 e. The number of hydrogen-bond donors (Lipinski definition) is 2. The summed E-state index contributed by atoms with van der Waals surface area (Å²) >= 11 is 0. The van der Waals surface area contributed by atoms with Gasteiger partial charge in [0, 0.05) is 6.07 Å². The first-order valence-electron chi connectivity index (χ1n) is 6.32. The molecule has 1 heterocycles. The SMILES string of the molecule is COc1cc2c(c(O)c1OC)C(OCC(=O)O)C(C)(C)O2. The van der Waals surface area contributed by atoms with E-state index in [2.05, 4.69) is 0 Å². The second kappa shape index (κ2) is 5.33. The lowest BCUT2D eigenvalue weighted by Crippen LogP contribution is -2.33. The summed E-state index contributed by atoms with van der Waals surface area (Å²) in [6, 6.07) is 1.58. The number of hydrogen-bond acceptors (Lipinski definition) is 6. The van der Waals surface area contributed by atoms with Crippen molar-refractivity contribution >= 4 is 5.97 Å². The minimum atomic E-state index is -1.10. The van der Waals surface area contributed by atoms with E-state index in [0.717, 1.165) is 0 Å². The molecule has 0 aliphatic carbocycles. The molecule has 0 saturated heterocycles. The van der Waals surface area contributed by atoms with Gasteiger partial charge in [0.15, 0.2) is 11.5 Å². The summed E-state index contributed by atoms with van der Waals surface area (Å²) in [5.74, 6) is -0.414. The summed E-state index contributed by atoms with van der Waals surface area (Å²) in [5.41, 5.74) is -0.467. The number of ether oxygens (including phenoxy) is 4. The van der Waals surface area contributed by atoms with Crippen molar-refractivity contribution in [2.45, 2.75) is 25.6 Å². The lowest BCUT2D eigenvalue weighted by Gasteiger charge is -2.25. The number of methoxy groups -OCH3 is 2. The van der Waals surface area contributed by atoms with Gasteiger partial charge in [-0.25, -0.2) is 4.79 Å².